The molecule has 0 aromatic heterocycles. The Labute approximate surface area is 148 Å². The van der Waals surface area contributed by atoms with E-state index in [9.17, 15) is 15.4 Å². The van der Waals surface area contributed by atoms with Gasteiger partial charge in [0.1, 0.15) is 0 Å². The number of hydrogen-bond donors (Lipinski definition) is 0. The summed E-state index contributed by atoms with van der Waals surface area (Å²) in [6.45, 7) is 0.0233. The summed E-state index contributed by atoms with van der Waals surface area (Å²) in [6.07, 6.45) is 1.50. The van der Waals surface area contributed by atoms with Crippen LogP contribution in [0.15, 0.2) is 54.6 Å². The summed E-state index contributed by atoms with van der Waals surface area (Å²) in [5.41, 5.74) is 1.18. The van der Waals surface area contributed by atoms with E-state index in [0.717, 1.165) is 10.8 Å². The molecule has 0 N–H and O–H groups in total. The maximum atomic E-state index is 11.4. The van der Waals surface area contributed by atoms with E-state index in [0.29, 0.717) is 28.2 Å². The third-order valence-electron chi connectivity index (χ3n) is 4.20. The average Bonchev–Trinajstić information content (AvgIpc) is 3.12. The number of hydrogen-bond acceptors (Lipinski definition) is 5. The topological polar surface area (TPSA) is 85.4 Å². The highest BCUT2D eigenvalue weighted by molar-refractivity contribution is 5.95. The van der Waals surface area contributed by atoms with Crippen molar-refractivity contribution in [3.63, 3.8) is 0 Å². The summed E-state index contributed by atoms with van der Waals surface area (Å²) in [4.78, 5) is 10.9. The molecule has 126 valence electrons. The molecule has 0 aliphatic carbocycles. The number of ether oxygens (including phenoxy) is 2. The lowest BCUT2D eigenvalue weighted by Gasteiger charge is -2.05. The van der Waals surface area contributed by atoms with Crippen molar-refractivity contribution in [3.8, 4) is 17.6 Å². The summed E-state index contributed by atoms with van der Waals surface area (Å²) in [5.74, 6) is 0.760. The van der Waals surface area contributed by atoms with Gasteiger partial charge >= 0.3 is 0 Å². The fourth-order valence-corrected chi connectivity index (χ4v) is 2.91. The molecule has 3 aromatic carbocycles. The predicted octanol–water partition coefficient (Wildman–Crippen LogP) is 4.54. The molecule has 0 unspecified atom stereocenters. The lowest BCUT2D eigenvalue weighted by molar-refractivity contribution is -0.385. The van der Waals surface area contributed by atoms with Crippen molar-refractivity contribution in [1.29, 1.82) is 5.26 Å². The first-order valence-corrected chi connectivity index (χ1v) is 7.85. The highest BCUT2D eigenvalue weighted by atomic mass is 16.7. The van der Waals surface area contributed by atoms with E-state index in [-0.39, 0.29) is 12.5 Å². The number of fused-ring (bicyclic) bond motifs is 2. The number of nitriles is 1. The van der Waals surface area contributed by atoms with Crippen molar-refractivity contribution in [1.82, 2.24) is 0 Å². The predicted molar refractivity (Wildman–Crippen MR) is 96.7 cm³/mol. The van der Waals surface area contributed by atoms with E-state index in [1.807, 2.05) is 42.5 Å². The second-order valence-electron chi connectivity index (χ2n) is 5.75. The Bertz CT molecular complexity index is 1110. The van der Waals surface area contributed by atoms with Gasteiger partial charge in [0.2, 0.25) is 6.79 Å². The van der Waals surface area contributed by atoms with Crippen LogP contribution in [0.4, 0.5) is 5.69 Å². The van der Waals surface area contributed by atoms with Crippen LogP contribution in [0, 0.1) is 21.4 Å². The van der Waals surface area contributed by atoms with E-state index < -0.39 is 4.92 Å². The zero-order chi connectivity index (χ0) is 18.1. The largest absolute Gasteiger partial charge is 0.454 e. The van der Waals surface area contributed by atoms with Gasteiger partial charge in [-0.15, -0.1) is 0 Å². The highest BCUT2D eigenvalue weighted by Gasteiger charge is 2.22. The maximum absolute atomic E-state index is 11.4. The summed E-state index contributed by atoms with van der Waals surface area (Å²) in [6, 6.07) is 18.4. The smallest absolute Gasteiger partial charge is 0.280 e. The molecule has 4 rings (SSSR count). The van der Waals surface area contributed by atoms with E-state index in [1.165, 1.54) is 18.2 Å². The number of benzene rings is 3. The molecule has 6 nitrogen and oxygen atoms in total. The second-order valence-corrected chi connectivity index (χ2v) is 5.75. The molecule has 0 bridgehead atoms. The zero-order valence-electron chi connectivity index (χ0n) is 13.5. The van der Waals surface area contributed by atoms with Gasteiger partial charge in [-0.25, -0.2) is 0 Å². The van der Waals surface area contributed by atoms with Gasteiger partial charge in [0.15, 0.2) is 11.5 Å². The molecule has 0 amide bonds. The minimum Gasteiger partial charge on any atom is -0.454 e. The summed E-state index contributed by atoms with van der Waals surface area (Å²) < 4.78 is 10.5. The van der Waals surface area contributed by atoms with Crippen molar-refractivity contribution in [2.75, 3.05) is 6.79 Å². The molecule has 1 aliphatic rings. The van der Waals surface area contributed by atoms with Gasteiger partial charge in [-0.3, -0.25) is 10.1 Å². The fourth-order valence-electron chi connectivity index (χ4n) is 2.91. The van der Waals surface area contributed by atoms with Crippen LogP contribution in [-0.4, -0.2) is 11.7 Å². The van der Waals surface area contributed by atoms with Gasteiger partial charge in [0, 0.05) is 0 Å². The Morgan fingerprint density at radius 3 is 2.54 bits per heavy atom. The average molecular weight is 344 g/mol. The fraction of sp³-hybridized carbons (Fsp3) is 0.0500. The van der Waals surface area contributed by atoms with E-state index in [1.54, 1.807) is 0 Å². The Morgan fingerprint density at radius 2 is 1.81 bits per heavy atom. The first-order chi connectivity index (χ1) is 12.7. The standard InChI is InChI=1S/C20H12N2O4/c21-11-17(15-6-5-13-3-1-2-4-14(13)7-15)8-16-9-19-20(26-12-25-19)10-18(16)22(23)24/h1-10H,12H2/b17-8+. The molecule has 6 heteroatoms. The van der Waals surface area contributed by atoms with Crippen LogP contribution in [-0.2, 0) is 0 Å². The number of rotatable bonds is 3. The molecule has 3 aromatic rings. The molecule has 1 aliphatic heterocycles. The van der Waals surface area contributed by atoms with Crippen LogP contribution in [0.25, 0.3) is 22.4 Å². The number of nitrogens with zero attached hydrogens (tertiary/aromatic N) is 2. The third-order valence-corrected chi connectivity index (χ3v) is 4.20. The Morgan fingerprint density at radius 1 is 1.08 bits per heavy atom. The van der Waals surface area contributed by atoms with E-state index in [2.05, 4.69) is 6.07 Å². The van der Waals surface area contributed by atoms with Gasteiger partial charge in [-0.05, 0) is 34.5 Å². The highest BCUT2D eigenvalue weighted by Crippen LogP contribution is 2.39. The first-order valence-electron chi connectivity index (χ1n) is 7.85. The molecule has 0 spiro atoms. The van der Waals surface area contributed by atoms with Crippen molar-refractivity contribution in [2.24, 2.45) is 0 Å². The molecule has 1 heterocycles. The lowest BCUT2D eigenvalue weighted by Crippen LogP contribution is -1.93. The summed E-state index contributed by atoms with van der Waals surface area (Å²) in [7, 11) is 0. The van der Waals surface area contributed by atoms with Gasteiger partial charge in [0.05, 0.1) is 28.2 Å². The van der Waals surface area contributed by atoms with Crippen LogP contribution in [0.2, 0.25) is 0 Å². The molecular weight excluding hydrogens is 332 g/mol. The van der Waals surface area contributed by atoms with Gasteiger partial charge in [0.25, 0.3) is 5.69 Å². The SMILES string of the molecule is N#C/C(=C\c1cc2c(cc1[N+](=O)[O-])OCO2)c1ccc2ccccc2c1. The van der Waals surface area contributed by atoms with Crippen LogP contribution in [0.5, 0.6) is 11.5 Å². The second kappa shape index (κ2) is 6.22. The van der Waals surface area contributed by atoms with Gasteiger partial charge in [-0.1, -0.05) is 36.4 Å². The molecule has 0 saturated carbocycles. The maximum Gasteiger partial charge on any atom is 0.280 e. The van der Waals surface area contributed by atoms with Crippen molar-refractivity contribution in [3.05, 3.63) is 75.8 Å². The lowest BCUT2D eigenvalue weighted by atomic mass is 9.99. The van der Waals surface area contributed by atoms with Crippen molar-refractivity contribution < 1.29 is 14.4 Å². The molecule has 0 atom stereocenters. The van der Waals surface area contributed by atoms with Crippen molar-refractivity contribution in [2.45, 2.75) is 0 Å². The summed E-state index contributed by atoms with van der Waals surface area (Å²) in [5, 5.41) is 23.0. The Balaban J connectivity index is 1.85. The third kappa shape index (κ3) is 2.72. The molecule has 0 fully saturated rings. The molecule has 0 saturated heterocycles. The van der Waals surface area contributed by atoms with Crippen LogP contribution >= 0.6 is 0 Å². The zero-order valence-corrected chi connectivity index (χ0v) is 13.5. The minimum atomic E-state index is -0.497. The minimum absolute atomic E-state index is 0.0233. The molecule has 26 heavy (non-hydrogen) atoms. The first kappa shape index (κ1) is 15.7. The Hall–Kier alpha value is -3.85. The summed E-state index contributed by atoms with van der Waals surface area (Å²) >= 11 is 0. The number of allylic oxidation sites excluding steroid dienone is 1. The van der Waals surface area contributed by atoms with E-state index in [4.69, 9.17) is 9.47 Å². The quantitative estimate of drug-likeness (QED) is 0.301. The van der Waals surface area contributed by atoms with Gasteiger partial charge < -0.3 is 9.47 Å². The van der Waals surface area contributed by atoms with E-state index >= 15 is 0 Å². The van der Waals surface area contributed by atoms with Crippen LogP contribution in [0.1, 0.15) is 11.1 Å². The van der Waals surface area contributed by atoms with Crippen LogP contribution < -0.4 is 9.47 Å². The molecule has 0 radical (unpaired) electrons. The monoisotopic (exact) mass is 344 g/mol. The van der Waals surface area contributed by atoms with Crippen LogP contribution in [0.3, 0.4) is 0 Å². The molecular formula is C20H12N2O4. The number of nitro benzene ring substituents is 1. The number of nitro groups is 1. The van der Waals surface area contributed by atoms with Gasteiger partial charge in [-0.2, -0.15) is 5.26 Å². The normalized spacial score (nSPS) is 12.8. The Kier molecular flexibility index (Phi) is 3.75. The van der Waals surface area contributed by atoms with Crippen molar-refractivity contribution >= 4 is 28.1 Å².